The second kappa shape index (κ2) is 6.66. The van der Waals surface area contributed by atoms with Crippen molar-refractivity contribution in [3.05, 3.63) is 35.9 Å². The standard InChI is InChI=1S/C13H16N2O2/c1-15(10-13(16)17-2)12(8-9-14)11-6-4-3-5-7-11/h3-7,12H,8,10H2,1-2H3. The predicted molar refractivity (Wildman–Crippen MR) is 64.1 cm³/mol. The van der Waals surface area contributed by atoms with Gasteiger partial charge in [0, 0.05) is 6.04 Å². The monoisotopic (exact) mass is 232 g/mol. The number of benzene rings is 1. The van der Waals surface area contributed by atoms with E-state index in [4.69, 9.17) is 5.26 Å². The Kier molecular flexibility index (Phi) is 5.18. The van der Waals surface area contributed by atoms with Crippen LogP contribution in [0.1, 0.15) is 18.0 Å². The maximum atomic E-state index is 11.2. The third-order valence-electron chi connectivity index (χ3n) is 2.61. The van der Waals surface area contributed by atoms with Crippen molar-refractivity contribution >= 4 is 5.97 Å². The molecule has 1 aromatic carbocycles. The minimum atomic E-state index is -0.300. The largest absolute Gasteiger partial charge is 0.468 e. The highest BCUT2D eigenvalue weighted by Crippen LogP contribution is 2.22. The van der Waals surface area contributed by atoms with Crippen LogP contribution in [0.3, 0.4) is 0 Å². The molecular weight excluding hydrogens is 216 g/mol. The van der Waals surface area contributed by atoms with Crippen molar-refractivity contribution in [1.82, 2.24) is 4.90 Å². The van der Waals surface area contributed by atoms with Crippen LogP contribution in [0.4, 0.5) is 0 Å². The molecule has 0 radical (unpaired) electrons. The van der Waals surface area contributed by atoms with E-state index in [2.05, 4.69) is 10.8 Å². The van der Waals surface area contributed by atoms with Crippen LogP contribution in [0, 0.1) is 11.3 Å². The molecule has 1 atom stereocenters. The number of esters is 1. The molecule has 0 amide bonds. The molecule has 90 valence electrons. The highest BCUT2D eigenvalue weighted by atomic mass is 16.5. The lowest BCUT2D eigenvalue weighted by Crippen LogP contribution is -2.30. The molecule has 1 aromatic rings. The van der Waals surface area contributed by atoms with Gasteiger partial charge in [-0.05, 0) is 12.6 Å². The lowest BCUT2D eigenvalue weighted by atomic mass is 10.0. The Morgan fingerprint density at radius 1 is 1.47 bits per heavy atom. The van der Waals surface area contributed by atoms with Crippen LogP contribution in [-0.4, -0.2) is 31.6 Å². The third kappa shape index (κ3) is 3.89. The molecule has 0 N–H and O–H groups in total. The van der Waals surface area contributed by atoms with E-state index < -0.39 is 0 Å². The van der Waals surface area contributed by atoms with E-state index >= 15 is 0 Å². The molecule has 0 heterocycles. The Balaban J connectivity index is 2.79. The topological polar surface area (TPSA) is 53.3 Å². The van der Waals surface area contributed by atoms with Crippen molar-refractivity contribution in [2.45, 2.75) is 12.5 Å². The quantitative estimate of drug-likeness (QED) is 0.726. The first-order chi connectivity index (χ1) is 8.19. The van der Waals surface area contributed by atoms with E-state index in [1.807, 2.05) is 42.3 Å². The molecule has 0 saturated carbocycles. The summed E-state index contributed by atoms with van der Waals surface area (Å²) in [6.45, 7) is 0.178. The van der Waals surface area contributed by atoms with Crippen LogP contribution >= 0.6 is 0 Å². The van der Waals surface area contributed by atoms with Crippen LogP contribution < -0.4 is 0 Å². The van der Waals surface area contributed by atoms with Gasteiger partial charge in [-0.15, -0.1) is 0 Å². The zero-order valence-electron chi connectivity index (χ0n) is 10.1. The number of methoxy groups -OCH3 is 1. The summed E-state index contributed by atoms with van der Waals surface area (Å²) < 4.78 is 4.62. The van der Waals surface area contributed by atoms with E-state index in [-0.39, 0.29) is 18.6 Å². The lowest BCUT2D eigenvalue weighted by molar-refractivity contribution is -0.142. The minimum Gasteiger partial charge on any atom is -0.468 e. The van der Waals surface area contributed by atoms with Crippen molar-refractivity contribution in [2.24, 2.45) is 0 Å². The second-order valence-electron chi connectivity index (χ2n) is 3.78. The summed E-state index contributed by atoms with van der Waals surface area (Å²) in [5, 5.41) is 8.85. The lowest BCUT2D eigenvalue weighted by Gasteiger charge is -2.25. The van der Waals surface area contributed by atoms with Gasteiger partial charge in [0.15, 0.2) is 0 Å². The number of likely N-dealkylation sites (N-methyl/N-ethyl adjacent to an activating group) is 1. The predicted octanol–water partition coefficient (Wildman–Crippen LogP) is 1.75. The van der Waals surface area contributed by atoms with E-state index in [0.717, 1.165) is 5.56 Å². The molecule has 4 heteroatoms. The van der Waals surface area contributed by atoms with Gasteiger partial charge in [0.2, 0.25) is 0 Å². The van der Waals surface area contributed by atoms with Crippen LogP contribution in [-0.2, 0) is 9.53 Å². The van der Waals surface area contributed by atoms with Crippen LogP contribution in [0.15, 0.2) is 30.3 Å². The molecule has 0 aliphatic rings. The summed E-state index contributed by atoms with van der Waals surface area (Å²) in [5.74, 6) is -0.300. The van der Waals surface area contributed by atoms with Crippen molar-refractivity contribution in [3.8, 4) is 6.07 Å². The summed E-state index contributed by atoms with van der Waals surface area (Å²) >= 11 is 0. The summed E-state index contributed by atoms with van der Waals surface area (Å²) in [6, 6.07) is 11.7. The maximum absolute atomic E-state index is 11.2. The van der Waals surface area contributed by atoms with Crippen molar-refractivity contribution in [3.63, 3.8) is 0 Å². The molecule has 0 bridgehead atoms. The second-order valence-corrected chi connectivity index (χ2v) is 3.78. The van der Waals surface area contributed by atoms with Crippen LogP contribution in [0.5, 0.6) is 0 Å². The molecule has 0 aliphatic heterocycles. The molecule has 17 heavy (non-hydrogen) atoms. The van der Waals surface area contributed by atoms with Crippen molar-refractivity contribution in [2.75, 3.05) is 20.7 Å². The number of carbonyl (C=O) groups excluding carboxylic acids is 1. The molecule has 1 unspecified atom stereocenters. The first-order valence-corrected chi connectivity index (χ1v) is 5.38. The summed E-state index contributed by atoms with van der Waals surface area (Å²) in [4.78, 5) is 13.0. The molecule has 0 aromatic heterocycles. The first-order valence-electron chi connectivity index (χ1n) is 5.38. The molecular formula is C13H16N2O2. The number of hydrogen-bond donors (Lipinski definition) is 0. The van der Waals surface area contributed by atoms with Crippen LogP contribution in [0.2, 0.25) is 0 Å². The average Bonchev–Trinajstić information content (AvgIpc) is 2.36. The highest BCUT2D eigenvalue weighted by Gasteiger charge is 2.19. The molecule has 4 nitrogen and oxygen atoms in total. The third-order valence-corrected chi connectivity index (χ3v) is 2.61. The smallest absolute Gasteiger partial charge is 0.319 e. The van der Waals surface area contributed by atoms with Gasteiger partial charge in [0.25, 0.3) is 0 Å². The Hall–Kier alpha value is -1.86. The molecule has 1 rings (SSSR count). The van der Waals surface area contributed by atoms with E-state index in [9.17, 15) is 4.79 Å². The molecule has 0 saturated heterocycles. The van der Waals surface area contributed by atoms with Gasteiger partial charge in [-0.1, -0.05) is 30.3 Å². The van der Waals surface area contributed by atoms with Gasteiger partial charge >= 0.3 is 5.97 Å². The van der Waals surface area contributed by atoms with E-state index in [0.29, 0.717) is 6.42 Å². The van der Waals surface area contributed by atoms with E-state index in [1.165, 1.54) is 7.11 Å². The number of ether oxygens (including phenoxy) is 1. The Labute approximate surface area is 101 Å². The van der Waals surface area contributed by atoms with Gasteiger partial charge in [0.1, 0.15) is 0 Å². The van der Waals surface area contributed by atoms with Gasteiger partial charge < -0.3 is 4.74 Å². The Bertz CT molecular complexity index is 398. The maximum Gasteiger partial charge on any atom is 0.319 e. The summed E-state index contributed by atoms with van der Waals surface area (Å²) in [5.41, 5.74) is 1.03. The summed E-state index contributed by atoms with van der Waals surface area (Å²) in [6.07, 6.45) is 0.345. The number of rotatable bonds is 5. The zero-order chi connectivity index (χ0) is 12.7. The van der Waals surface area contributed by atoms with Crippen molar-refractivity contribution < 1.29 is 9.53 Å². The van der Waals surface area contributed by atoms with Crippen molar-refractivity contribution in [1.29, 1.82) is 5.26 Å². The SMILES string of the molecule is COC(=O)CN(C)C(CC#N)c1ccccc1. The normalized spacial score (nSPS) is 11.9. The fraction of sp³-hybridized carbons (Fsp3) is 0.385. The van der Waals surface area contributed by atoms with Gasteiger partial charge in [-0.25, -0.2) is 0 Å². The Morgan fingerprint density at radius 3 is 2.65 bits per heavy atom. The summed E-state index contributed by atoms with van der Waals surface area (Å²) in [7, 11) is 3.17. The highest BCUT2D eigenvalue weighted by molar-refractivity contribution is 5.71. The van der Waals surface area contributed by atoms with Crippen LogP contribution in [0.25, 0.3) is 0 Å². The number of nitriles is 1. The zero-order valence-corrected chi connectivity index (χ0v) is 10.1. The average molecular weight is 232 g/mol. The van der Waals surface area contributed by atoms with E-state index in [1.54, 1.807) is 0 Å². The van der Waals surface area contributed by atoms with Gasteiger partial charge in [-0.2, -0.15) is 5.26 Å². The minimum absolute atomic E-state index is 0.0831. The van der Waals surface area contributed by atoms with Gasteiger partial charge in [0.05, 0.1) is 26.1 Å². The molecule has 0 fully saturated rings. The fourth-order valence-electron chi connectivity index (χ4n) is 1.67. The number of hydrogen-bond acceptors (Lipinski definition) is 4. The molecule has 0 aliphatic carbocycles. The fourth-order valence-corrected chi connectivity index (χ4v) is 1.67. The van der Waals surface area contributed by atoms with Gasteiger partial charge in [-0.3, -0.25) is 9.69 Å². The molecule has 0 spiro atoms. The number of nitrogens with zero attached hydrogens (tertiary/aromatic N) is 2. The Morgan fingerprint density at radius 2 is 2.12 bits per heavy atom. The number of carbonyl (C=O) groups is 1. The first kappa shape index (κ1) is 13.2.